The Morgan fingerprint density at radius 3 is 2.33 bits per heavy atom. The zero-order chi connectivity index (χ0) is 22.9. The highest BCUT2D eigenvalue weighted by molar-refractivity contribution is 5.68. The number of benzene rings is 1. The van der Waals surface area contributed by atoms with E-state index in [9.17, 15) is 0 Å². The van der Waals surface area contributed by atoms with Crippen LogP contribution in [0.1, 0.15) is 52.2 Å². The zero-order valence-electron chi connectivity index (χ0n) is 19.7. The number of nitrogens with one attached hydrogen (secondary N) is 2. The maximum Gasteiger partial charge on any atom is 0.0493 e. The van der Waals surface area contributed by atoms with Gasteiger partial charge in [0.2, 0.25) is 0 Å². The Labute approximate surface area is 184 Å². The summed E-state index contributed by atoms with van der Waals surface area (Å²) in [6.07, 6.45) is 15.7. The van der Waals surface area contributed by atoms with E-state index in [1.807, 2.05) is 25.2 Å². The number of anilines is 1. The standard InChI is InChI=1S/C24H35N3.C3H4/c1-8-13-21(14-9-2)24(15-10-3)25-22-16-17-23(19(6)18-22)20(7)26-27(11-4)12-5;1-3-2/h8-9,13-18,25-26H,1,7,10-12H2,2-6H3;1H,2H3/b14-9-,21-13+,24-15+;. The van der Waals surface area contributed by atoms with Crippen molar-refractivity contribution < 1.29 is 0 Å². The zero-order valence-corrected chi connectivity index (χ0v) is 19.7. The molecule has 2 N–H and O–H groups in total. The average molecular weight is 406 g/mol. The van der Waals surface area contributed by atoms with Gasteiger partial charge in [-0.1, -0.05) is 70.4 Å². The van der Waals surface area contributed by atoms with Crippen LogP contribution in [-0.4, -0.2) is 18.1 Å². The number of nitrogens with zero attached hydrogens (tertiary/aromatic N) is 1. The van der Waals surface area contributed by atoms with Crippen LogP contribution in [0.15, 0.2) is 73.0 Å². The molecule has 0 spiro atoms. The topological polar surface area (TPSA) is 27.3 Å². The molecule has 0 fully saturated rings. The van der Waals surface area contributed by atoms with Crippen molar-refractivity contribution in [2.45, 2.75) is 48.0 Å². The van der Waals surface area contributed by atoms with E-state index in [0.29, 0.717) is 0 Å². The Kier molecular flexibility index (Phi) is 14.3. The number of hydrazine groups is 1. The van der Waals surface area contributed by atoms with Gasteiger partial charge < -0.3 is 10.7 Å². The van der Waals surface area contributed by atoms with Gasteiger partial charge in [-0.15, -0.1) is 12.3 Å². The largest absolute Gasteiger partial charge is 0.355 e. The molecule has 30 heavy (non-hydrogen) atoms. The Hall–Kier alpha value is -2.96. The molecule has 0 unspecified atom stereocenters. The fourth-order valence-electron chi connectivity index (χ4n) is 2.86. The molecule has 0 saturated heterocycles. The molecule has 0 saturated carbocycles. The molecule has 0 aromatic heterocycles. The van der Waals surface area contributed by atoms with Crippen molar-refractivity contribution in [3.63, 3.8) is 0 Å². The summed E-state index contributed by atoms with van der Waals surface area (Å²) in [7, 11) is 0. The van der Waals surface area contributed by atoms with Gasteiger partial charge in [-0.05, 0) is 50.5 Å². The van der Waals surface area contributed by atoms with Crippen LogP contribution < -0.4 is 10.7 Å². The first-order valence-corrected chi connectivity index (χ1v) is 10.5. The molecule has 3 nitrogen and oxygen atoms in total. The third-order valence-electron chi connectivity index (χ3n) is 4.25. The summed E-state index contributed by atoms with van der Waals surface area (Å²) >= 11 is 0. The van der Waals surface area contributed by atoms with Gasteiger partial charge in [0.1, 0.15) is 0 Å². The molecule has 0 amide bonds. The quantitative estimate of drug-likeness (QED) is 0.240. The van der Waals surface area contributed by atoms with Gasteiger partial charge in [0.15, 0.2) is 0 Å². The molecule has 0 bridgehead atoms. The molecule has 0 heterocycles. The maximum atomic E-state index is 4.60. The summed E-state index contributed by atoms with van der Waals surface area (Å²) in [6, 6.07) is 6.38. The first kappa shape index (κ1) is 27.0. The van der Waals surface area contributed by atoms with Crippen LogP contribution in [0.2, 0.25) is 0 Å². The van der Waals surface area contributed by atoms with E-state index < -0.39 is 0 Å². The molecule has 0 aliphatic carbocycles. The molecule has 162 valence electrons. The smallest absolute Gasteiger partial charge is 0.0493 e. The normalized spacial score (nSPS) is 11.5. The van der Waals surface area contributed by atoms with E-state index in [1.54, 1.807) is 6.92 Å². The molecule has 1 aromatic rings. The summed E-state index contributed by atoms with van der Waals surface area (Å²) < 4.78 is 0. The second kappa shape index (κ2) is 15.9. The predicted octanol–water partition coefficient (Wildman–Crippen LogP) is 6.85. The van der Waals surface area contributed by atoms with Gasteiger partial charge in [-0.3, -0.25) is 0 Å². The second-order valence-corrected chi connectivity index (χ2v) is 6.59. The van der Waals surface area contributed by atoms with Crippen LogP contribution >= 0.6 is 0 Å². The average Bonchev–Trinajstić information content (AvgIpc) is 2.72. The Balaban J connectivity index is 0.00000263. The van der Waals surface area contributed by atoms with E-state index >= 15 is 0 Å². The van der Waals surface area contributed by atoms with Crippen LogP contribution in [0.25, 0.3) is 5.70 Å². The molecular formula is C27H39N3. The van der Waals surface area contributed by atoms with Crippen molar-refractivity contribution in [2.75, 3.05) is 18.4 Å². The van der Waals surface area contributed by atoms with Gasteiger partial charge in [0.25, 0.3) is 0 Å². The predicted molar refractivity (Wildman–Crippen MR) is 136 cm³/mol. The summed E-state index contributed by atoms with van der Waals surface area (Å²) in [4.78, 5) is 0. The lowest BCUT2D eigenvalue weighted by Gasteiger charge is -2.23. The Morgan fingerprint density at radius 1 is 1.23 bits per heavy atom. The van der Waals surface area contributed by atoms with Crippen LogP contribution in [0, 0.1) is 19.3 Å². The van der Waals surface area contributed by atoms with E-state index in [2.05, 4.69) is 99.3 Å². The Bertz CT molecular complexity index is 800. The highest BCUT2D eigenvalue weighted by Gasteiger charge is 2.08. The first-order valence-electron chi connectivity index (χ1n) is 10.5. The number of allylic oxidation sites excluding steroid dienone is 5. The van der Waals surface area contributed by atoms with Gasteiger partial charge >= 0.3 is 0 Å². The van der Waals surface area contributed by atoms with Crippen molar-refractivity contribution in [1.29, 1.82) is 0 Å². The highest BCUT2D eigenvalue weighted by atomic mass is 15.5. The van der Waals surface area contributed by atoms with Gasteiger partial charge in [0.05, 0.1) is 0 Å². The second-order valence-electron chi connectivity index (χ2n) is 6.59. The van der Waals surface area contributed by atoms with Crippen molar-refractivity contribution in [3.8, 4) is 12.3 Å². The van der Waals surface area contributed by atoms with Gasteiger partial charge in [-0.25, -0.2) is 5.01 Å². The SMILES string of the molecule is C#CC.C=C/C=C(\C=C/C)C(=C\CC)/Nc1ccc(C(=C)NN(CC)CC)c(C)c1. The summed E-state index contributed by atoms with van der Waals surface area (Å²) in [5, 5.41) is 5.69. The molecule has 3 heteroatoms. The minimum absolute atomic E-state index is 0.924. The highest BCUT2D eigenvalue weighted by Crippen LogP contribution is 2.23. The van der Waals surface area contributed by atoms with Crippen molar-refractivity contribution >= 4 is 11.4 Å². The number of hydrogen-bond donors (Lipinski definition) is 2. The molecular weight excluding hydrogens is 366 g/mol. The van der Waals surface area contributed by atoms with Crippen molar-refractivity contribution in [2.24, 2.45) is 0 Å². The summed E-state index contributed by atoms with van der Waals surface area (Å²) in [5.41, 5.74) is 9.88. The maximum absolute atomic E-state index is 4.60. The molecule has 0 aliphatic heterocycles. The van der Waals surface area contributed by atoms with E-state index in [1.165, 1.54) is 5.56 Å². The van der Waals surface area contributed by atoms with Crippen LogP contribution in [0.4, 0.5) is 5.69 Å². The lowest BCUT2D eigenvalue weighted by atomic mass is 10.0. The van der Waals surface area contributed by atoms with Gasteiger partial charge in [0, 0.05) is 35.7 Å². The lowest BCUT2D eigenvalue weighted by molar-refractivity contribution is 0.255. The molecule has 1 aromatic carbocycles. The fourth-order valence-corrected chi connectivity index (χ4v) is 2.86. The monoisotopic (exact) mass is 405 g/mol. The summed E-state index contributed by atoms with van der Waals surface area (Å²) in [5.74, 6) is 2.25. The third kappa shape index (κ3) is 9.49. The van der Waals surface area contributed by atoms with Crippen LogP contribution in [-0.2, 0) is 0 Å². The van der Waals surface area contributed by atoms with Crippen LogP contribution in [0.3, 0.4) is 0 Å². The number of terminal acetylenes is 1. The van der Waals surface area contributed by atoms with Gasteiger partial charge in [-0.2, -0.15) is 0 Å². The van der Waals surface area contributed by atoms with E-state index in [-0.39, 0.29) is 0 Å². The minimum Gasteiger partial charge on any atom is -0.355 e. The molecule has 1 rings (SSSR count). The third-order valence-corrected chi connectivity index (χ3v) is 4.25. The lowest BCUT2D eigenvalue weighted by Crippen LogP contribution is -2.36. The van der Waals surface area contributed by atoms with Crippen molar-refractivity contribution in [1.82, 2.24) is 10.4 Å². The molecule has 0 aliphatic rings. The fraction of sp³-hybridized carbons (Fsp3) is 0.333. The first-order chi connectivity index (χ1) is 14.4. The number of rotatable bonds is 11. The van der Waals surface area contributed by atoms with E-state index in [0.717, 1.165) is 47.7 Å². The number of aryl methyl sites for hydroxylation is 1. The summed E-state index contributed by atoms with van der Waals surface area (Å²) in [6.45, 7) is 22.1. The van der Waals surface area contributed by atoms with Crippen molar-refractivity contribution in [3.05, 3.63) is 84.1 Å². The molecule has 0 radical (unpaired) electrons. The number of hydrogen-bond acceptors (Lipinski definition) is 3. The molecule has 0 atom stereocenters. The van der Waals surface area contributed by atoms with E-state index in [4.69, 9.17) is 0 Å². The van der Waals surface area contributed by atoms with Crippen LogP contribution in [0.5, 0.6) is 0 Å². The minimum atomic E-state index is 0.924. The Morgan fingerprint density at radius 2 is 1.87 bits per heavy atom.